The van der Waals surface area contributed by atoms with Crippen LogP contribution in [0.15, 0.2) is 41.3 Å². The van der Waals surface area contributed by atoms with Gasteiger partial charge in [-0.15, -0.1) is 23.1 Å². The number of esters is 1. The summed E-state index contributed by atoms with van der Waals surface area (Å²) in [7, 11) is 0. The summed E-state index contributed by atoms with van der Waals surface area (Å²) in [5.74, 6) is -2.84. The third kappa shape index (κ3) is 7.45. The molecule has 1 aromatic carbocycles. The van der Waals surface area contributed by atoms with Gasteiger partial charge in [-0.05, 0) is 81.0 Å². The molecule has 0 bridgehead atoms. The van der Waals surface area contributed by atoms with E-state index in [9.17, 15) is 24.3 Å². The van der Waals surface area contributed by atoms with Crippen molar-refractivity contribution in [3.8, 4) is 0 Å². The second-order valence-electron chi connectivity index (χ2n) is 12.0. The largest absolute Gasteiger partial charge is 0.481 e. The lowest BCUT2D eigenvalue weighted by molar-refractivity contribution is -0.146. The molecule has 2 amide bonds. The summed E-state index contributed by atoms with van der Waals surface area (Å²) >= 11 is 2.81. The Hall–Kier alpha value is -3.11. The van der Waals surface area contributed by atoms with Gasteiger partial charge in [-0.3, -0.25) is 14.4 Å². The summed E-state index contributed by atoms with van der Waals surface area (Å²) in [5, 5.41) is 15.4. The van der Waals surface area contributed by atoms with Crippen molar-refractivity contribution in [1.29, 1.82) is 0 Å². The van der Waals surface area contributed by atoms with Crippen LogP contribution in [0.3, 0.4) is 0 Å². The predicted octanol–water partition coefficient (Wildman–Crippen LogP) is 6.80. The van der Waals surface area contributed by atoms with Crippen molar-refractivity contribution in [2.75, 3.05) is 17.2 Å². The highest BCUT2D eigenvalue weighted by atomic mass is 32.2. The molecule has 10 heteroatoms. The number of carboxylic acid groups (broad SMARTS) is 1. The molecule has 42 heavy (non-hydrogen) atoms. The highest BCUT2D eigenvalue weighted by molar-refractivity contribution is 8.00. The van der Waals surface area contributed by atoms with E-state index in [1.54, 1.807) is 38.1 Å². The molecule has 8 nitrogen and oxygen atoms in total. The van der Waals surface area contributed by atoms with Crippen molar-refractivity contribution >= 4 is 57.5 Å². The molecule has 226 valence electrons. The normalized spacial score (nSPS) is 20.7. The lowest BCUT2D eigenvalue weighted by Crippen LogP contribution is -2.34. The molecule has 4 unspecified atom stereocenters. The van der Waals surface area contributed by atoms with E-state index in [1.807, 2.05) is 12.1 Å². The summed E-state index contributed by atoms with van der Waals surface area (Å²) in [6.45, 7) is 10.6. The van der Waals surface area contributed by atoms with E-state index in [0.29, 0.717) is 35.0 Å². The quantitative estimate of drug-likeness (QED) is 0.162. The number of hydrogen-bond donors (Lipinski definition) is 3. The van der Waals surface area contributed by atoms with E-state index in [1.165, 1.54) is 23.1 Å². The van der Waals surface area contributed by atoms with Crippen LogP contribution < -0.4 is 10.6 Å². The van der Waals surface area contributed by atoms with Crippen LogP contribution in [-0.4, -0.2) is 40.7 Å². The molecule has 0 saturated heterocycles. The van der Waals surface area contributed by atoms with Crippen molar-refractivity contribution in [1.82, 2.24) is 0 Å². The minimum Gasteiger partial charge on any atom is -0.481 e. The van der Waals surface area contributed by atoms with Gasteiger partial charge in [0.15, 0.2) is 0 Å². The summed E-state index contributed by atoms with van der Waals surface area (Å²) < 4.78 is 5.37. The van der Waals surface area contributed by atoms with Crippen LogP contribution in [0.25, 0.3) is 0 Å². The van der Waals surface area contributed by atoms with Crippen molar-refractivity contribution in [3.05, 3.63) is 52.4 Å². The molecule has 0 saturated carbocycles. The lowest BCUT2D eigenvalue weighted by Gasteiger charge is -2.33. The molecule has 2 aromatic rings. The number of thioether (sulfide) groups is 1. The van der Waals surface area contributed by atoms with Crippen molar-refractivity contribution < 1.29 is 29.0 Å². The number of anilines is 2. The van der Waals surface area contributed by atoms with Crippen molar-refractivity contribution in [2.45, 2.75) is 76.9 Å². The summed E-state index contributed by atoms with van der Waals surface area (Å²) in [5.41, 5.74) is 2.17. The van der Waals surface area contributed by atoms with E-state index >= 15 is 0 Å². The number of rotatable bonds is 9. The number of carbonyl (C=O) groups is 4. The zero-order valence-corrected chi connectivity index (χ0v) is 26.5. The number of ether oxygens (including phenoxy) is 1. The average molecular weight is 613 g/mol. The number of nitrogens with one attached hydrogen (secondary N) is 2. The molecule has 2 aliphatic carbocycles. The van der Waals surface area contributed by atoms with Gasteiger partial charge >= 0.3 is 11.9 Å². The first kappa shape index (κ1) is 31.8. The third-order valence-corrected chi connectivity index (χ3v) is 10.3. The third-order valence-electron chi connectivity index (χ3n) is 8.08. The van der Waals surface area contributed by atoms with Crippen LogP contribution in [0.5, 0.6) is 0 Å². The molecular formula is C32H40N2O6S2. The van der Waals surface area contributed by atoms with E-state index in [4.69, 9.17) is 4.74 Å². The Morgan fingerprint density at radius 2 is 1.83 bits per heavy atom. The second-order valence-corrected chi connectivity index (χ2v) is 14.5. The number of carbonyl (C=O) groups excluding carboxylic acids is 3. The smallest absolute Gasteiger partial charge is 0.341 e. The molecule has 2 aliphatic rings. The number of thiophene rings is 1. The van der Waals surface area contributed by atoms with Crippen LogP contribution in [0.4, 0.5) is 10.7 Å². The molecule has 4 atom stereocenters. The first-order chi connectivity index (χ1) is 19.9. The average Bonchev–Trinajstić information content (AvgIpc) is 3.30. The molecule has 1 aromatic heterocycles. The number of fused-ring (bicyclic) bond motifs is 1. The van der Waals surface area contributed by atoms with Gasteiger partial charge in [-0.25, -0.2) is 4.79 Å². The molecule has 0 radical (unpaired) electrons. The van der Waals surface area contributed by atoms with Gasteiger partial charge in [-0.1, -0.05) is 39.0 Å². The Morgan fingerprint density at radius 1 is 1.12 bits per heavy atom. The van der Waals surface area contributed by atoms with E-state index < -0.39 is 29.0 Å². The molecular weight excluding hydrogens is 572 g/mol. The van der Waals surface area contributed by atoms with Gasteiger partial charge in [0, 0.05) is 15.5 Å². The Labute approximate surface area is 255 Å². The fourth-order valence-electron chi connectivity index (χ4n) is 5.56. The highest BCUT2D eigenvalue weighted by Gasteiger charge is 2.36. The minimum atomic E-state index is -0.977. The first-order valence-electron chi connectivity index (χ1n) is 14.5. The lowest BCUT2D eigenvalue weighted by atomic mass is 9.72. The topological polar surface area (TPSA) is 122 Å². The van der Waals surface area contributed by atoms with Crippen LogP contribution in [0, 0.1) is 23.2 Å². The summed E-state index contributed by atoms with van der Waals surface area (Å²) in [6.07, 6.45) is 7.00. The fraction of sp³-hybridized carbons (Fsp3) is 0.500. The Bertz CT molecular complexity index is 1380. The van der Waals surface area contributed by atoms with Crippen LogP contribution in [0.1, 0.15) is 74.7 Å². The van der Waals surface area contributed by atoms with E-state index in [-0.39, 0.29) is 23.8 Å². The molecule has 0 fully saturated rings. The summed E-state index contributed by atoms with van der Waals surface area (Å²) in [6, 6.07) is 7.17. The molecule has 0 spiro atoms. The molecule has 0 aliphatic heterocycles. The van der Waals surface area contributed by atoms with Crippen LogP contribution in [-0.2, 0) is 32.0 Å². The summed E-state index contributed by atoms with van der Waals surface area (Å²) in [4.78, 5) is 52.8. The maximum Gasteiger partial charge on any atom is 0.341 e. The van der Waals surface area contributed by atoms with Gasteiger partial charge in [0.1, 0.15) is 5.00 Å². The SMILES string of the molecule is CCOC(=O)c1c(NC(=O)C(C)Sc2cccc(NC(=O)C3CC=CCC3C(=O)O)c2)sc2c1CCC(C(C)(C)C)C2. The predicted molar refractivity (Wildman–Crippen MR) is 167 cm³/mol. The van der Waals surface area contributed by atoms with Crippen molar-refractivity contribution in [2.24, 2.45) is 23.2 Å². The number of benzene rings is 1. The van der Waals surface area contributed by atoms with E-state index in [0.717, 1.165) is 34.6 Å². The van der Waals surface area contributed by atoms with Crippen molar-refractivity contribution in [3.63, 3.8) is 0 Å². The van der Waals surface area contributed by atoms with Gasteiger partial charge in [0.05, 0.1) is 29.3 Å². The number of amides is 2. The second kappa shape index (κ2) is 13.5. The zero-order chi connectivity index (χ0) is 30.6. The highest BCUT2D eigenvalue weighted by Crippen LogP contribution is 2.44. The maximum absolute atomic E-state index is 13.3. The Balaban J connectivity index is 1.45. The number of hydrogen-bond acceptors (Lipinski definition) is 7. The van der Waals surface area contributed by atoms with Gasteiger partial charge in [0.2, 0.25) is 11.8 Å². The Morgan fingerprint density at radius 3 is 2.50 bits per heavy atom. The van der Waals surface area contributed by atoms with Crippen LogP contribution in [0.2, 0.25) is 0 Å². The van der Waals surface area contributed by atoms with E-state index in [2.05, 4.69) is 31.4 Å². The fourth-order valence-corrected chi connectivity index (χ4v) is 7.81. The Kier molecular flexibility index (Phi) is 10.2. The van der Waals surface area contributed by atoms with Gasteiger partial charge in [0.25, 0.3) is 0 Å². The van der Waals surface area contributed by atoms with Gasteiger partial charge in [-0.2, -0.15) is 0 Å². The molecule has 3 N–H and O–H groups in total. The molecule has 1 heterocycles. The standard InChI is InChI=1S/C32H40N2O6S2/c1-6-40-31(39)26-24-15-14-19(32(3,4)5)16-25(24)42-29(26)34-27(35)18(2)41-21-11-9-10-20(17-21)33-28(36)22-12-7-8-13-23(22)30(37)38/h7-11,17-19,22-23H,6,12-16H2,1-5H3,(H,33,36)(H,34,35)(H,37,38). The number of carboxylic acids is 1. The van der Waals surface area contributed by atoms with Crippen LogP contribution >= 0.6 is 23.1 Å². The first-order valence-corrected chi connectivity index (χ1v) is 16.2. The molecule has 4 rings (SSSR count). The zero-order valence-electron chi connectivity index (χ0n) is 24.8. The number of allylic oxidation sites excluding steroid dienone is 2. The minimum absolute atomic E-state index is 0.153. The maximum atomic E-state index is 13.3. The van der Waals surface area contributed by atoms with Gasteiger partial charge < -0.3 is 20.5 Å². The monoisotopic (exact) mass is 612 g/mol. The number of aliphatic carboxylic acids is 1.